The number of fused-ring (bicyclic) bond motifs is 1. The number of hydrogen-bond donors (Lipinski definition) is 1. The van der Waals surface area contributed by atoms with E-state index in [1.807, 2.05) is 24.3 Å². The summed E-state index contributed by atoms with van der Waals surface area (Å²) < 4.78 is 18.0. The van der Waals surface area contributed by atoms with Crippen LogP contribution in [-0.2, 0) is 16.6 Å². The van der Waals surface area contributed by atoms with Crippen LogP contribution in [0.25, 0.3) is 0 Å². The first-order chi connectivity index (χ1) is 12.6. The zero-order chi connectivity index (χ0) is 18.5. The van der Waals surface area contributed by atoms with Gasteiger partial charge in [0.1, 0.15) is 6.61 Å². The molecule has 10 heteroatoms. The van der Waals surface area contributed by atoms with E-state index in [0.717, 1.165) is 11.8 Å². The van der Waals surface area contributed by atoms with Crippen LogP contribution in [-0.4, -0.2) is 45.7 Å². The van der Waals surface area contributed by atoms with Crippen LogP contribution in [0.4, 0.5) is 4.79 Å². The number of amides is 2. The van der Waals surface area contributed by atoms with Crippen molar-refractivity contribution in [3.8, 4) is 11.5 Å². The lowest BCUT2D eigenvalue weighted by molar-refractivity contribution is -0.117. The molecular weight excluding hydrogens is 360 g/mol. The summed E-state index contributed by atoms with van der Waals surface area (Å²) in [6.07, 6.45) is -1.16. The molecule has 0 aliphatic carbocycles. The number of hydrogen-bond acceptors (Lipinski definition) is 8. The van der Waals surface area contributed by atoms with Gasteiger partial charge in [-0.25, -0.2) is 4.79 Å². The lowest BCUT2D eigenvalue weighted by Crippen LogP contribution is -2.32. The van der Waals surface area contributed by atoms with E-state index < -0.39 is 18.1 Å². The average Bonchev–Trinajstić information content (AvgIpc) is 3.00. The predicted octanol–water partition coefficient (Wildman–Crippen LogP) is 1.69. The highest BCUT2D eigenvalue weighted by Crippen LogP contribution is 2.35. The first kappa shape index (κ1) is 18.1. The Morgan fingerprint density at radius 3 is 2.88 bits per heavy atom. The van der Waals surface area contributed by atoms with Crippen LogP contribution in [0.3, 0.4) is 0 Å². The highest BCUT2D eigenvalue weighted by molar-refractivity contribution is 7.99. The number of imide groups is 1. The van der Waals surface area contributed by atoms with Gasteiger partial charge in [0.2, 0.25) is 5.91 Å². The van der Waals surface area contributed by atoms with Crippen molar-refractivity contribution in [3.63, 3.8) is 0 Å². The van der Waals surface area contributed by atoms with Crippen LogP contribution in [0.15, 0.2) is 29.4 Å². The number of nitrogens with one attached hydrogen (secondary N) is 1. The van der Waals surface area contributed by atoms with Crippen molar-refractivity contribution in [2.75, 3.05) is 19.0 Å². The molecule has 2 amide bonds. The molecule has 0 saturated heterocycles. The van der Waals surface area contributed by atoms with Crippen LogP contribution < -0.4 is 14.8 Å². The molecule has 0 saturated carbocycles. The Bertz CT molecular complexity index is 810. The summed E-state index contributed by atoms with van der Waals surface area (Å²) in [5.74, 6) is 1.47. The fraction of sp³-hybridized carbons (Fsp3) is 0.375. The minimum Gasteiger partial charge on any atom is -0.485 e. The van der Waals surface area contributed by atoms with Crippen molar-refractivity contribution >= 4 is 23.8 Å². The number of ether oxygens (including phenoxy) is 3. The van der Waals surface area contributed by atoms with Crippen molar-refractivity contribution in [3.05, 3.63) is 30.1 Å². The van der Waals surface area contributed by atoms with Gasteiger partial charge in [0, 0.05) is 7.05 Å². The van der Waals surface area contributed by atoms with Crippen molar-refractivity contribution in [1.29, 1.82) is 0 Å². The van der Waals surface area contributed by atoms with E-state index in [-0.39, 0.29) is 12.4 Å². The number of alkyl carbamates (subject to hydrolysis) is 1. The topological polar surface area (TPSA) is 105 Å². The smallest absolute Gasteiger partial charge is 0.413 e. The minimum atomic E-state index is -0.761. The summed E-state index contributed by atoms with van der Waals surface area (Å²) in [6, 6.07) is 7.41. The SMILES string of the molecule is CCOC(=O)NC(=O)CSc1nnc([C@@H]2COc3ccccc3O2)n1C. The molecule has 0 spiro atoms. The van der Waals surface area contributed by atoms with Gasteiger partial charge in [-0.3, -0.25) is 10.1 Å². The van der Waals surface area contributed by atoms with Crippen LogP contribution in [0.2, 0.25) is 0 Å². The molecule has 1 atom stereocenters. The van der Waals surface area contributed by atoms with E-state index in [0.29, 0.717) is 29.1 Å². The van der Waals surface area contributed by atoms with E-state index >= 15 is 0 Å². The molecule has 0 unspecified atom stereocenters. The van der Waals surface area contributed by atoms with Crippen LogP contribution in [0, 0.1) is 0 Å². The lowest BCUT2D eigenvalue weighted by Gasteiger charge is -2.25. The van der Waals surface area contributed by atoms with Gasteiger partial charge in [0.25, 0.3) is 0 Å². The number of benzene rings is 1. The zero-order valence-corrected chi connectivity index (χ0v) is 15.1. The quantitative estimate of drug-likeness (QED) is 0.784. The van der Waals surface area contributed by atoms with Gasteiger partial charge in [-0.15, -0.1) is 10.2 Å². The molecule has 0 bridgehead atoms. The van der Waals surface area contributed by atoms with Gasteiger partial charge < -0.3 is 18.8 Å². The van der Waals surface area contributed by atoms with Crippen molar-refractivity contribution in [1.82, 2.24) is 20.1 Å². The highest BCUT2D eigenvalue weighted by Gasteiger charge is 2.27. The molecule has 1 aromatic heterocycles. The lowest BCUT2D eigenvalue weighted by atomic mass is 10.2. The minimum absolute atomic E-state index is 0.00957. The maximum atomic E-state index is 11.7. The summed E-state index contributed by atoms with van der Waals surface area (Å²) in [4.78, 5) is 22.9. The van der Waals surface area contributed by atoms with Crippen molar-refractivity contribution in [2.45, 2.75) is 18.2 Å². The maximum absolute atomic E-state index is 11.7. The third-order valence-corrected chi connectivity index (χ3v) is 4.53. The largest absolute Gasteiger partial charge is 0.485 e. The standard InChI is InChI=1S/C16H18N4O5S/c1-3-23-16(22)17-13(21)9-26-15-19-18-14(20(15)2)12-8-24-10-6-4-5-7-11(10)25-12/h4-7,12H,3,8-9H2,1-2H3,(H,17,21,22)/t12-/m0/s1. The number of nitrogens with zero attached hydrogens (tertiary/aromatic N) is 3. The number of carbonyl (C=O) groups is 2. The molecule has 138 valence electrons. The Balaban J connectivity index is 1.60. The molecule has 1 aliphatic heterocycles. The molecular formula is C16H18N4O5S. The van der Waals surface area contributed by atoms with Crippen molar-refractivity contribution in [2.24, 2.45) is 7.05 Å². The normalized spacial score (nSPS) is 15.4. The molecule has 0 radical (unpaired) electrons. The average molecular weight is 378 g/mol. The van der Waals surface area contributed by atoms with Gasteiger partial charge in [-0.2, -0.15) is 0 Å². The molecule has 2 aromatic rings. The van der Waals surface area contributed by atoms with E-state index in [4.69, 9.17) is 9.47 Å². The second kappa shape index (κ2) is 8.09. The molecule has 0 fully saturated rings. The van der Waals surface area contributed by atoms with E-state index in [1.54, 1.807) is 18.5 Å². The third kappa shape index (κ3) is 4.07. The number of rotatable bonds is 5. The molecule has 1 aromatic carbocycles. The van der Waals surface area contributed by atoms with E-state index in [9.17, 15) is 9.59 Å². The van der Waals surface area contributed by atoms with Crippen molar-refractivity contribution < 1.29 is 23.8 Å². The predicted molar refractivity (Wildman–Crippen MR) is 92.2 cm³/mol. The summed E-state index contributed by atoms with van der Waals surface area (Å²) >= 11 is 1.16. The van der Waals surface area contributed by atoms with Crippen LogP contribution in [0.1, 0.15) is 18.9 Å². The molecule has 1 aliphatic rings. The van der Waals surface area contributed by atoms with Gasteiger partial charge in [-0.05, 0) is 19.1 Å². The van der Waals surface area contributed by atoms with Crippen LogP contribution >= 0.6 is 11.8 Å². The Morgan fingerprint density at radius 2 is 2.12 bits per heavy atom. The molecule has 26 heavy (non-hydrogen) atoms. The summed E-state index contributed by atoms with van der Waals surface area (Å²) in [5.41, 5.74) is 0. The number of thioether (sulfide) groups is 1. The highest BCUT2D eigenvalue weighted by atomic mass is 32.2. The summed E-state index contributed by atoms with van der Waals surface area (Å²) in [7, 11) is 1.78. The number of para-hydroxylation sites is 2. The Morgan fingerprint density at radius 1 is 1.35 bits per heavy atom. The molecule has 2 heterocycles. The summed E-state index contributed by atoms with van der Waals surface area (Å²) in [5, 5.41) is 10.9. The van der Waals surface area contributed by atoms with Gasteiger partial charge in [0.15, 0.2) is 28.6 Å². The fourth-order valence-corrected chi connectivity index (χ4v) is 3.04. The number of carbonyl (C=O) groups excluding carboxylic acids is 2. The fourth-order valence-electron chi connectivity index (χ4n) is 2.33. The monoisotopic (exact) mass is 378 g/mol. The zero-order valence-electron chi connectivity index (χ0n) is 14.3. The third-order valence-electron chi connectivity index (χ3n) is 3.51. The van der Waals surface area contributed by atoms with Gasteiger partial charge in [0.05, 0.1) is 12.4 Å². The summed E-state index contributed by atoms with van der Waals surface area (Å²) in [6.45, 7) is 2.18. The van der Waals surface area contributed by atoms with Gasteiger partial charge in [-0.1, -0.05) is 23.9 Å². The first-order valence-electron chi connectivity index (χ1n) is 7.95. The van der Waals surface area contributed by atoms with Gasteiger partial charge >= 0.3 is 6.09 Å². The Labute approximate surface area is 154 Å². The van der Waals surface area contributed by atoms with E-state index in [2.05, 4.69) is 20.3 Å². The molecule has 1 N–H and O–H groups in total. The number of aromatic nitrogens is 3. The van der Waals surface area contributed by atoms with E-state index in [1.165, 1.54) is 0 Å². The maximum Gasteiger partial charge on any atom is 0.413 e. The van der Waals surface area contributed by atoms with Crippen LogP contribution in [0.5, 0.6) is 11.5 Å². The second-order valence-electron chi connectivity index (χ2n) is 5.32. The first-order valence-corrected chi connectivity index (χ1v) is 8.94. The Hall–Kier alpha value is -2.75. The second-order valence-corrected chi connectivity index (χ2v) is 6.26. The Kier molecular flexibility index (Phi) is 5.61. The molecule has 3 rings (SSSR count). The molecule has 9 nitrogen and oxygen atoms in total.